The van der Waals surface area contributed by atoms with Gasteiger partial charge in [-0.05, 0) is 26.7 Å². The van der Waals surface area contributed by atoms with Crippen LogP contribution in [0.5, 0.6) is 0 Å². The first-order chi connectivity index (χ1) is 7.14. The van der Waals surface area contributed by atoms with Gasteiger partial charge in [-0.1, -0.05) is 18.7 Å². The molecule has 0 radical (unpaired) electrons. The molecule has 2 aliphatic rings. The lowest BCUT2D eigenvalue weighted by Gasteiger charge is -2.29. The van der Waals surface area contributed by atoms with Gasteiger partial charge >= 0.3 is 0 Å². The fourth-order valence-corrected chi connectivity index (χ4v) is 3.13. The van der Waals surface area contributed by atoms with Crippen LogP contribution in [0.2, 0.25) is 0 Å². The van der Waals surface area contributed by atoms with Gasteiger partial charge in [0.05, 0.1) is 17.7 Å². The van der Waals surface area contributed by atoms with Gasteiger partial charge in [0.15, 0.2) is 5.17 Å². The fourth-order valence-electron chi connectivity index (χ4n) is 1.94. The molecule has 0 aromatic heterocycles. The monoisotopic (exact) mass is 228 g/mol. The first-order valence-corrected chi connectivity index (χ1v) is 6.73. The Hall–Kier alpha value is -0.220. The molecule has 0 bridgehead atoms. The van der Waals surface area contributed by atoms with E-state index in [2.05, 4.69) is 31.1 Å². The third kappa shape index (κ3) is 2.31. The van der Waals surface area contributed by atoms with Gasteiger partial charge in [-0.2, -0.15) is 0 Å². The van der Waals surface area contributed by atoms with Gasteiger partial charge in [-0.15, -0.1) is 0 Å². The summed E-state index contributed by atoms with van der Waals surface area (Å²) < 4.78 is 5.61. The summed E-state index contributed by atoms with van der Waals surface area (Å²) in [7, 11) is 0. The van der Waals surface area contributed by atoms with Crippen LogP contribution in [0.1, 0.15) is 33.6 Å². The van der Waals surface area contributed by atoms with E-state index in [-0.39, 0.29) is 11.6 Å². The summed E-state index contributed by atoms with van der Waals surface area (Å²) in [5.74, 6) is 1.13. The number of hydrogen-bond acceptors (Lipinski definition) is 4. The molecule has 3 atom stereocenters. The molecule has 0 saturated carbocycles. The number of amidine groups is 1. The maximum Gasteiger partial charge on any atom is 0.157 e. The van der Waals surface area contributed by atoms with Gasteiger partial charge in [0.1, 0.15) is 0 Å². The summed E-state index contributed by atoms with van der Waals surface area (Å²) in [5.41, 5.74) is 0.0778. The molecular weight excluding hydrogens is 208 g/mol. The number of nitrogens with zero attached hydrogens (tertiary/aromatic N) is 1. The molecule has 0 spiro atoms. The summed E-state index contributed by atoms with van der Waals surface area (Å²) in [4.78, 5) is 4.66. The van der Waals surface area contributed by atoms with E-state index in [1.54, 1.807) is 0 Å². The van der Waals surface area contributed by atoms with Crippen LogP contribution in [-0.2, 0) is 4.74 Å². The summed E-state index contributed by atoms with van der Waals surface area (Å²) in [6.45, 7) is 7.42. The predicted octanol–water partition coefficient (Wildman–Crippen LogP) is 2.02. The Morgan fingerprint density at radius 1 is 1.67 bits per heavy atom. The molecule has 86 valence electrons. The largest absolute Gasteiger partial charge is 0.376 e. The van der Waals surface area contributed by atoms with Crippen molar-refractivity contribution >= 4 is 16.9 Å². The molecule has 2 heterocycles. The second-order valence-corrected chi connectivity index (χ2v) is 5.62. The number of thioether (sulfide) groups is 1. The van der Waals surface area contributed by atoms with Crippen molar-refractivity contribution in [2.24, 2.45) is 4.99 Å². The Labute approximate surface area is 96.1 Å². The van der Waals surface area contributed by atoms with E-state index in [9.17, 15) is 0 Å². The van der Waals surface area contributed by atoms with Crippen molar-refractivity contribution in [3.8, 4) is 0 Å². The van der Waals surface area contributed by atoms with E-state index in [0.717, 1.165) is 30.4 Å². The standard InChI is InChI=1S/C11H20N2OS/c1-4-9-7-15-10(12-9)13-11(3)5-6-14-8(11)2/h8-9H,4-7H2,1-3H3,(H,12,13). The SMILES string of the molecule is CCC1CSC(NC2(C)CCOC2C)=N1. The molecule has 0 amide bonds. The molecule has 1 N–H and O–H groups in total. The molecule has 0 aromatic carbocycles. The fraction of sp³-hybridized carbons (Fsp3) is 0.909. The molecule has 0 aliphatic carbocycles. The molecule has 2 rings (SSSR count). The quantitative estimate of drug-likeness (QED) is 0.785. The lowest BCUT2D eigenvalue weighted by atomic mass is 9.95. The highest BCUT2D eigenvalue weighted by Gasteiger charge is 2.38. The van der Waals surface area contributed by atoms with Crippen molar-refractivity contribution in [2.75, 3.05) is 12.4 Å². The van der Waals surface area contributed by atoms with Crippen LogP contribution in [0.4, 0.5) is 0 Å². The zero-order valence-electron chi connectivity index (χ0n) is 9.75. The number of ether oxygens (including phenoxy) is 1. The van der Waals surface area contributed by atoms with E-state index in [1.807, 2.05) is 11.8 Å². The van der Waals surface area contributed by atoms with Crippen molar-refractivity contribution in [3.63, 3.8) is 0 Å². The summed E-state index contributed by atoms with van der Waals surface area (Å²) in [5, 5.41) is 4.67. The van der Waals surface area contributed by atoms with Crippen LogP contribution >= 0.6 is 11.8 Å². The van der Waals surface area contributed by atoms with Crippen molar-refractivity contribution < 1.29 is 4.74 Å². The third-order valence-corrected chi connectivity index (χ3v) is 4.49. The van der Waals surface area contributed by atoms with E-state index in [1.165, 1.54) is 0 Å². The Balaban J connectivity index is 1.97. The average molecular weight is 228 g/mol. The first-order valence-electron chi connectivity index (χ1n) is 5.74. The van der Waals surface area contributed by atoms with Crippen LogP contribution in [-0.4, -0.2) is 35.2 Å². The minimum atomic E-state index is 0.0778. The second-order valence-electron chi connectivity index (χ2n) is 4.61. The van der Waals surface area contributed by atoms with Crippen molar-refractivity contribution in [1.29, 1.82) is 0 Å². The Bertz CT molecular complexity index is 269. The highest BCUT2D eigenvalue weighted by atomic mass is 32.2. The Morgan fingerprint density at radius 2 is 2.47 bits per heavy atom. The van der Waals surface area contributed by atoms with Crippen LogP contribution in [0.25, 0.3) is 0 Å². The molecule has 3 nitrogen and oxygen atoms in total. The minimum Gasteiger partial charge on any atom is -0.376 e. The van der Waals surface area contributed by atoms with Gasteiger partial charge in [-0.25, -0.2) is 0 Å². The molecule has 1 fully saturated rings. The smallest absolute Gasteiger partial charge is 0.157 e. The maximum absolute atomic E-state index is 5.61. The minimum absolute atomic E-state index is 0.0778. The predicted molar refractivity (Wildman–Crippen MR) is 65.5 cm³/mol. The highest BCUT2D eigenvalue weighted by Crippen LogP contribution is 2.28. The van der Waals surface area contributed by atoms with Gasteiger partial charge in [-0.3, -0.25) is 4.99 Å². The third-order valence-electron chi connectivity index (χ3n) is 3.46. The van der Waals surface area contributed by atoms with E-state index in [0.29, 0.717) is 6.04 Å². The molecule has 3 unspecified atom stereocenters. The number of rotatable bonds is 2. The topological polar surface area (TPSA) is 33.6 Å². The van der Waals surface area contributed by atoms with E-state index in [4.69, 9.17) is 4.74 Å². The van der Waals surface area contributed by atoms with E-state index < -0.39 is 0 Å². The van der Waals surface area contributed by atoms with Crippen molar-refractivity contribution in [3.05, 3.63) is 0 Å². The maximum atomic E-state index is 5.61. The van der Waals surface area contributed by atoms with Gasteiger partial charge in [0, 0.05) is 12.4 Å². The molecule has 15 heavy (non-hydrogen) atoms. The van der Waals surface area contributed by atoms with Gasteiger partial charge < -0.3 is 10.1 Å². The second kappa shape index (κ2) is 4.34. The first kappa shape index (κ1) is 11.3. The zero-order chi connectivity index (χ0) is 10.9. The number of aliphatic imine (C=N–C) groups is 1. The highest BCUT2D eigenvalue weighted by molar-refractivity contribution is 8.14. The number of hydrogen-bond donors (Lipinski definition) is 1. The van der Waals surface area contributed by atoms with Crippen LogP contribution in [0, 0.1) is 0 Å². The lowest BCUT2D eigenvalue weighted by Crippen LogP contribution is -2.49. The van der Waals surface area contributed by atoms with Crippen LogP contribution in [0.3, 0.4) is 0 Å². The summed E-state index contributed by atoms with van der Waals surface area (Å²) in [6.07, 6.45) is 2.49. The lowest BCUT2D eigenvalue weighted by molar-refractivity contribution is 0.0950. The van der Waals surface area contributed by atoms with E-state index >= 15 is 0 Å². The Kier molecular flexibility index (Phi) is 3.26. The normalized spacial score (nSPS) is 40.6. The average Bonchev–Trinajstić information content (AvgIpc) is 2.76. The van der Waals surface area contributed by atoms with Crippen LogP contribution in [0.15, 0.2) is 4.99 Å². The molecule has 0 aromatic rings. The zero-order valence-corrected chi connectivity index (χ0v) is 10.6. The van der Waals surface area contributed by atoms with Crippen LogP contribution < -0.4 is 5.32 Å². The molecule has 4 heteroatoms. The van der Waals surface area contributed by atoms with Crippen molar-refractivity contribution in [1.82, 2.24) is 5.32 Å². The van der Waals surface area contributed by atoms with Crippen molar-refractivity contribution in [2.45, 2.75) is 51.3 Å². The molecular formula is C11H20N2OS. The van der Waals surface area contributed by atoms with Gasteiger partial charge in [0.25, 0.3) is 0 Å². The summed E-state index contributed by atoms with van der Waals surface area (Å²) >= 11 is 1.85. The molecule has 1 saturated heterocycles. The van der Waals surface area contributed by atoms with Gasteiger partial charge in [0.2, 0.25) is 0 Å². The summed E-state index contributed by atoms with van der Waals surface area (Å²) in [6, 6.07) is 0.513. The number of nitrogens with one attached hydrogen (secondary N) is 1. The Morgan fingerprint density at radius 3 is 3.00 bits per heavy atom. The molecule has 2 aliphatic heterocycles.